The quantitative estimate of drug-likeness (QED) is 0.814. The molecule has 146 valence electrons. The highest BCUT2D eigenvalue weighted by atomic mass is 16.5. The Morgan fingerprint density at radius 2 is 1.79 bits per heavy atom. The highest BCUT2D eigenvalue weighted by Gasteiger charge is 2.60. The number of aromatic nitrogens is 2. The van der Waals surface area contributed by atoms with E-state index in [-0.39, 0.29) is 23.1 Å². The summed E-state index contributed by atoms with van der Waals surface area (Å²) in [5.74, 6) is 1.46. The molecule has 2 atom stereocenters. The first-order valence-electron chi connectivity index (χ1n) is 9.86. The second kappa shape index (κ2) is 5.90. The van der Waals surface area contributed by atoms with Crippen LogP contribution >= 0.6 is 0 Å². The maximum absolute atomic E-state index is 13.0. The second-order valence-corrected chi connectivity index (χ2v) is 8.80. The SMILES string of the molecule is Cc1noc([C@@]23CN(C(=O)c4ccccc4)C[C@@H]2CN(C(=O)C2(C)CC2)C3)n1. The van der Waals surface area contributed by atoms with E-state index in [0.717, 1.165) is 12.8 Å². The van der Waals surface area contributed by atoms with Gasteiger partial charge in [0.15, 0.2) is 5.82 Å². The summed E-state index contributed by atoms with van der Waals surface area (Å²) in [6.45, 7) is 6.09. The molecule has 0 spiro atoms. The second-order valence-electron chi connectivity index (χ2n) is 8.80. The molecular weight excluding hydrogens is 356 g/mol. The Labute approximate surface area is 163 Å². The van der Waals surface area contributed by atoms with E-state index >= 15 is 0 Å². The lowest BCUT2D eigenvalue weighted by atomic mass is 9.81. The lowest BCUT2D eigenvalue weighted by Gasteiger charge is -2.27. The molecule has 2 aliphatic heterocycles. The van der Waals surface area contributed by atoms with Crippen molar-refractivity contribution in [2.75, 3.05) is 26.2 Å². The van der Waals surface area contributed by atoms with Crippen molar-refractivity contribution in [2.24, 2.45) is 11.3 Å². The fourth-order valence-electron chi connectivity index (χ4n) is 4.72. The van der Waals surface area contributed by atoms with Crippen molar-refractivity contribution >= 4 is 11.8 Å². The number of likely N-dealkylation sites (tertiary alicyclic amines) is 2. The summed E-state index contributed by atoms with van der Waals surface area (Å²) in [6.07, 6.45) is 1.91. The molecule has 7 heteroatoms. The number of benzene rings is 1. The first-order chi connectivity index (χ1) is 13.4. The van der Waals surface area contributed by atoms with Crippen molar-refractivity contribution in [2.45, 2.75) is 32.1 Å². The van der Waals surface area contributed by atoms with E-state index in [1.807, 2.05) is 47.1 Å². The van der Waals surface area contributed by atoms with Crippen molar-refractivity contribution in [1.29, 1.82) is 0 Å². The van der Waals surface area contributed by atoms with Gasteiger partial charge in [-0.15, -0.1) is 0 Å². The molecule has 2 amide bonds. The predicted molar refractivity (Wildman–Crippen MR) is 100 cm³/mol. The van der Waals surface area contributed by atoms with Gasteiger partial charge in [-0.1, -0.05) is 30.3 Å². The number of fused-ring (bicyclic) bond motifs is 1. The molecule has 0 unspecified atom stereocenters. The summed E-state index contributed by atoms with van der Waals surface area (Å²) >= 11 is 0. The van der Waals surface area contributed by atoms with Crippen LogP contribution in [0.2, 0.25) is 0 Å². The summed E-state index contributed by atoms with van der Waals surface area (Å²) in [6, 6.07) is 9.32. The lowest BCUT2D eigenvalue weighted by molar-refractivity contribution is -0.135. The fraction of sp³-hybridized carbons (Fsp3) is 0.524. The Bertz CT molecular complexity index is 936. The van der Waals surface area contributed by atoms with Gasteiger partial charge >= 0.3 is 0 Å². The summed E-state index contributed by atoms with van der Waals surface area (Å²) in [4.78, 5) is 34.3. The van der Waals surface area contributed by atoms with Gasteiger partial charge in [-0.2, -0.15) is 4.98 Å². The number of aryl methyl sites for hydroxylation is 1. The third kappa shape index (κ3) is 2.56. The molecule has 0 N–H and O–H groups in total. The largest absolute Gasteiger partial charge is 0.341 e. The van der Waals surface area contributed by atoms with E-state index in [2.05, 4.69) is 10.1 Å². The third-order valence-corrected chi connectivity index (χ3v) is 6.67. The predicted octanol–water partition coefficient (Wildman–Crippen LogP) is 2.03. The molecule has 2 aromatic rings. The van der Waals surface area contributed by atoms with E-state index in [1.165, 1.54) is 0 Å². The number of carbonyl (C=O) groups excluding carboxylic acids is 2. The van der Waals surface area contributed by atoms with Gasteiger partial charge in [0.2, 0.25) is 11.8 Å². The standard InChI is InChI=1S/C21H24N4O3/c1-14-22-18(28-23-14)21-12-24(17(26)15-6-4-3-5-7-15)10-16(21)11-25(13-21)19(27)20(2)8-9-20/h3-7,16H,8-13H2,1-2H3/t16-,21-/m1/s1. The lowest BCUT2D eigenvalue weighted by Crippen LogP contribution is -2.42. The monoisotopic (exact) mass is 380 g/mol. The van der Waals surface area contributed by atoms with Gasteiger partial charge in [-0.25, -0.2) is 0 Å². The summed E-state index contributed by atoms with van der Waals surface area (Å²) in [7, 11) is 0. The maximum atomic E-state index is 13.0. The van der Waals surface area contributed by atoms with Crippen LogP contribution in [0.15, 0.2) is 34.9 Å². The minimum Gasteiger partial charge on any atom is -0.341 e. The maximum Gasteiger partial charge on any atom is 0.253 e. The Hall–Kier alpha value is -2.70. The highest BCUT2D eigenvalue weighted by molar-refractivity contribution is 5.94. The zero-order valence-electron chi connectivity index (χ0n) is 16.2. The van der Waals surface area contributed by atoms with E-state index in [1.54, 1.807) is 6.92 Å². The molecule has 2 saturated heterocycles. The van der Waals surface area contributed by atoms with E-state index in [4.69, 9.17) is 4.52 Å². The molecule has 28 heavy (non-hydrogen) atoms. The van der Waals surface area contributed by atoms with Gasteiger partial charge in [-0.05, 0) is 31.9 Å². The van der Waals surface area contributed by atoms with Gasteiger partial charge in [0, 0.05) is 43.1 Å². The number of carbonyl (C=O) groups is 2. The van der Waals surface area contributed by atoms with Gasteiger partial charge in [0.25, 0.3) is 5.91 Å². The van der Waals surface area contributed by atoms with Crippen molar-refractivity contribution < 1.29 is 14.1 Å². The van der Waals surface area contributed by atoms with Crippen LogP contribution in [0, 0.1) is 18.3 Å². The van der Waals surface area contributed by atoms with Crippen LogP contribution < -0.4 is 0 Å². The molecule has 1 aliphatic carbocycles. The molecule has 5 rings (SSSR count). The Balaban J connectivity index is 1.45. The molecule has 7 nitrogen and oxygen atoms in total. The van der Waals surface area contributed by atoms with E-state index < -0.39 is 5.41 Å². The molecule has 3 aliphatic rings. The zero-order chi connectivity index (χ0) is 19.5. The van der Waals surface area contributed by atoms with Crippen molar-refractivity contribution in [3.8, 4) is 0 Å². The normalized spacial score (nSPS) is 27.7. The van der Waals surface area contributed by atoms with Crippen LogP contribution in [0.4, 0.5) is 0 Å². The Kier molecular flexibility index (Phi) is 3.66. The summed E-state index contributed by atoms with van der Waals surface area (Å²) < 4.78 is 5.58. The molecule has 0 radical (unpaired) electrons. The first kappa shape index (κ1) is 17.4. The Morgan fingerprint density at radius 1 is 1.11 bits per heavy atom. The summed E-state index contributed by atoms with van der Waals surface area (Å²) in [5.41, 5.74) is -0.00531. The average Bonchev–Trinajstić information content (AvgIpc) is 3.03. The van der Waals surface area contributed by atoms with Crippen molar-refractivity contribution in [3.05, 3.63) is 47.6 Å². The molecule has 1 aromatic carbocycles. The van der Waals surface area contributed by atoms with Gasteiger partial charge in [0.05, 0.1) is 5.41 Å². The van der Waals surface area contributed by atoms with Crippen LogP contribution in [0.5, 0.6) is 0 Å². The number of hydrogen-bond acceptors (Lipinski definition) is 5. The van der Waals surface area contributed by atoms with Crippen LogP contribution in [0.1, 0.15) is 41.8 Å². The minimum atomic E-state index is -0.480. The Morgan fingerprint density at radius 3 is 2.43 bits per heavy atom. The first-order valence-corrected chi connectivity index (χ1v) is 9.86. The molecule has 0 bridgehead atoms. The van der Waals surface area contributed by atoms with Crippen LogP contribution in [0.25, 0.3) is 0 Å². The molecule has 1 aromatic heterocycles. The smallest absolute Gasteiger partial charge is 0.253 e. The molecule has 3 fully saturated rings. The highest BCUT2D eigenvalue weighted by Crippen LogP contribution is 2.50. The fourth-order valence-corrected chi connectivity index (χ4v) is 4.72. The van der Waals surface area contributed by atoms with Gasteiger partial charge in [-0.3, -0.25) is 9.59 Å². The van der Waals surface area contributed by atoms with Crippen LogP contribution in [-0.4, -0.2) is 57.9 Å². The number of amides is 2. The number of rotatable bonds is 3. The van der Waals surface area contributed by atoms with E-state index in [9.17, 15) is 9.59 Å². The topological polar surface area (TPSA) is 79.5 Å². The van der Waals surface area contributed by atoms with E-state index in [0.29, 0.717) is 43.5 Å². The average molecular weight is 380 g/mol. The van der Waals surface area contributed by atoms with Crippen molar-refractivity contribution in [3.63, 3.8) is 0 Å². The minimum absolute atomic E-state index is 0.0117. The van der Waals surface area contributed by atoms with Gasteiger partial charge in [0.1, 0.15) is 0 Å². The third-order valence-electron chi connectivity index (χ3n) is 6.67. The van der Waals surface area contributed by atoms with Crippen molar-refractivity contribution in [1.82, 2.24) is 19.9 Å². The summed E-state index contributed by atoms with van der Waals surface area (Å²) in [5, 5.41) is 3.98. The molecular formula is C21H24N4O3. The number of nitrogens with zero attached hydrogens (tertiary/aromatic N) is 4. The zero-order valence-corrected chi connectivity index (χ0v) is 16.2. The van der Waals surface area contributed by atoms with Gasteiger partial charge < -0.3 is 14.3 Å². The van der Waals surface area contributed by atoms with Crippen LogP contribution in [-0.2, 0) is 10.2 Å². The molecule has 1 saturated carbocycles. The molecule has 3 heterocycles. The number of hydrogen-bond donors (Lipinski definition) is 0. The van der Waals surface area contributed by atoms with Crippen LogP contribution in [0.3, 0.4) is 0 Å².